The van der Waals surface area contributed by atoms with Crippen molar-refractivity contribution in [3.63, 3.8) is 0 Å². The molecule has 2 rings (SSSR count). The predicted octanol–water partition coefficient (Wildman–Crippen LogP) is -1.35. The summed E-state index contributed by atoms with van der Waals surface area (Å²) in [7, 11) is -1.54. The number of carbonyl (C=O) groups excluding carboxylic acids is 1. The van der Waals surface area contributed by atoms with Gasteiger partial charge >= 0.3 is 7.12 Å². The smallest absolute Gasteiger partial charge is 0.423 e. The van der Waals surface area contributed by atoms with Crippen LogP contribution in [0.25, 0.3) is 0 Å². The highest BCUT2D eigenvalue weighted by atomic mass is 16.4. The molecule has 1 aromatic heterocycles. The maximum atomic E-state index is 11.5. The van der Waals surface area contributed by atoms with Gasteiger partial charge in [-0.25, -0.2) is 0 Å². The lowest BCUT2D eigenvalue weighted by atomic mass is 9.82. The Morgan fingerprint density at radius 1 is 1.47 bits per heavy atom. The molecule has 1 aliphatic rings. The third kappa shape index (κ3) is 2.54. The van der Waals surface area contributed by atoms with E-state index < -0.39 is 7.12 Å². The molecule has 0 aliphatic heterocycles. The summed E-state index contributed by atoms with van der Waals surface area (Å²) in [6.45, 7) is 0. The Kier molecular flexibility index (Phi) is 2.70. The molecule has 78 valence electrons. The Bertz CT molecular complexity index is 362. The van der Waals surface area contributed by atoms with Crippen molar-refractivity contribution in [3.8, 4) is 0 Å². The molecule has 0 radical (unpaired) electrons. The fourth-order valence-corrected chi connectivity index (χ4v) is 1.18. The molecule has 5 nitrogen and oxygen atoms in total. The van der Waals surface area contributed by atoms with E-state index in [0.717, 1.165) is 12.8 Å². The van der Waals surface area contributed by atoms with E-state index in [9.17, 15) is 4.79 Å². The minimum Gasteiger partial charge on any atom is -0.423 e. The summed E-state index contributed by atoms with van der Waals surface area (Å²) >= 11 is 0. The summed E-state index contributed by atoms with van der Waals surface area (Å²) in [6.07, 6.45) is 3.34. The molecule has 15 heavy (non-hydrogen) atoms. The zero-order valence-corrected chi connectivity index (χ0v) is 8.05. The largest absolute Gasteiger partial charge is 0.490 e. The van der Waals surface area contributed by atoms with Crippen LogP contribution in [-0.2, 0) is 0 Å². The van der Waals surface area contributed by atoms with Crippen LogP contribution in [0.4, 0.5) is 0 Å². The summed E-state index contributed by atoms with van der Waals surface area (Å²) in [4.78, 5) is 15.3. The number of pyridine rings is 1. The Morgan fingerprint density at radius 3 is 2.67 bits per heavy atom. The zero-order valence-electron chi connectivity index (χ0n) is 8.05. The second-order valence-corrected chi connectivity index (χ2v) is 3.60. The highest BCUT2D eigenvalue weighted by Crippen LogP contribution is 2.18. The minimum absolute atomic E-state index is 0.212. The van der Waals surface area contributed by atoms with Crippen LogP contribution in [0.15, 0.2) is 18.3 Å². The number of hydrogen-bond donors (Lipinski definition) is 3. The van der Waals surface area contributed by atoms with Crippen molar-refractivity contribution in [1.29, 1.82) is 0 Å². The van der Waals surface area contributed by atoms with Gasteiger partial charge in [-0.3, -0.25) is 9.78 Å². The second kappa shape index (κ2) is 4.00. The quantitative estimate of drug-likeness (QED) is 0.534. The number of amides is 1. The average molecular weight is 206 g/mol. The van der Waals surface area contributed by atoms with Crippen LogP contribution in [-0.4, -0.2) is 34.1 Å². The highest BCUT2D eigenvalue weighted by molar-refractivity contribution is 6.58. The van der Waals surface area contributed by atoms with Crippen LogP contribution < -0.4 is 10.8 Å². The summed E-state index contributed by atoms with van der Waals surface area (Å²) < 4.78 is 0. The fraction of sp³-hybridized carbons (Fsp3) is 0.333. The number of aromatic nitrogens is 1. The van der Waals surface area contributed by atoms with Gasteiger partial charge in [0.15, 0.2) is 0 Å². The molecule has 1 aromatic rings. The van der Waals surface area contributed by atoms with Crippen LogP contribution in [0.5, 0.6) is 0 Å². The molecule has 0 saturated heterocycles. The van der Waals surface area contributed by atoms with Crippen LogP contribution >= 0.6 is 0 Å². The van der Waals surface area contributed by atoms with E-state index in [2.05, 4.69) is 10.3 Å². The van der Waals surface area contributed by atoms with E-state index >= 15 is 0 Å². The van der Waals surface area contributed by atoms with Crippen LogP contribution in [0.1, 0.15) is 23.3 Å². The molecular formula is C9H11BN2O3. The third-order valence-electron chi connectivity index (χ3n) is 2.23. The standard InChI is InChI=1S/C9H11BN2O3/c13-9(12-7-2-3-7)8-4-1-6(5-11-8)10(14)15/h1,4-5,7,14-15H,2-3H2,(H,12,13). The van der Waals surface area contributed by atoms with Gasteiger partial charge in [0.2, 0.25) is 0 Å². The lowest BCUT2D eigenvalue weighted by Gasteiger charge is -2.03. The van der Waals surface area contributed by atoms with Crippen molar-refractivity contribution >= 4 is 18.5 Å². The van der Waals surface area contributed by atoms with Gasteiger partial charge in [-0.2, -0.15) is 0 Å². The van der Waals surface area contributed by atoms with Gasteiger partial charge in [0, 0.05) is 17.7 Å². The van der Waals surface area contributed by atoms with Gasteiger partial charge < -0.3 is 15.4 Å². The second-order valence-electron chi connectivity index (χ2n) is 3.60. The summed E-state index contributed by atoms with van der Waals surface area (Å²) in [5.74, 6) is -0.212. The lowest BCUT2D eigenvalue weighted by molar-refractivity contribution is 0.0946. The number of nitrogens with zero attached hydrogens (tertiary/aromatic N) is 1. The molecule has 1 heterocycles. The minimum atomic E-state index is -1.54. The van der Waals surface area contributed by atoms with E-state index in [1.54, 1.807) is 0 Å². The summed E-state index contributed by atoms with van der Waals surface area (Å²) in [5.41, 5.74) is 0.573. The molecular weight excluding hydrogens is 195 g/mol. The molecule has 1 aliphatic carbocycles. The van der Waals surface area contributed by atoms with Crippen LogP contribution in [0.3, 0.4) is 0 Å². The van der Waals surface area contributed by atoms with E-state index in [1.807, 2.05) is 0 Å². The van der Waals surface area contributed by atoms with Gasteiger partial charge in [0.05, 0.1) is 0 Å². The number of hydrogen-bond acceptors (Lipinski definition) is 4. The first-order valence-corrected chi connectivity index (χ1v) is 4.80. The summed E-state index contributed by atoms with van der Waals surface area (Å²) in [5, 5.41) is 20.4. The molecule has 1 fully saturated rings. The monoisotopic (exact) mass is 206 g/mol. The van der Waals surface area contributed by atoms with Crippen molar-refractivity contribution in [1.82, 2.24) is 10.3 Å². The van der Waals surface area contributed by atoms with Crippen molar-refractivity contribution in [2.75, 3.05) is 0 Å². The Hall–Kier alpha value is -1.40. The predicted molar refractivity (Wildman–Crippen MR) is 54.6 cm³/mol. The van der Waals surface area contributed by atoms with Crippen molar-refractivity contribution in [3.05, 3.63) is 24.0 Å². The Balaban J connectivity index is 2.04. The number of rotatable bonds is 3. The fourth-order valence-electron chi connectivity index (χ4n) is 1.18. The first kappa shape index (κ1) is 10.1. The zero-order chi connectivity index (χ0) is 10.8. The first-order valence-electron chi connectivity index (χ1n) is 4.80. The van der Waals surface area contributed by atoms with Gasteiger partial charge in [0.25, 0.3) is 5.91 Å². The van der Waals surface area contributed by atoms with Crippen molar-refractivity contribution in [2.24, 2.45) is 0 Å². The van der Waals surface area contributed by atoms with Gasteiger partial charge in [-0.05, 0) is 18.9 Å². The summed E-state index contributed by atoms with van der Waals surface area (Å²) in [6, 6.07) is 3.24. The lowest BCUT2D eigenvalue weighted by Crippen LogP contribution is -2.32. The molecule has 6 heteroatoms. The topological polar surface area (TPSA) is 82.5 Å². The normalized spacial score (nSPS) is 14.8. The van der Waals surface area contributed by atoms with Gasteiger partial charge in [-0.15, -0.1) is 0 Å². The van der Waals surface area contributed by atoms with E-state index in [1.165, 1.54) is 18.3 Å². The van der Waals surface area contributed by atoms with Crippen LogP contribution in [0, 0.1) is 0 Å². The van der Waals surface area contributed by atoms with Gasteiger partial charge in [-0.1, -0.05) is 6.07 Å². The third-order valence-corrected chi connectivity index (χ3v) is 2.23. The van der Waals surface area contributed by atoms with Crippen molar-refractivity contribution < 1.29 is 14.8 Å². The number of nitrogens with one attached hydrogen (secondary N) is 1. The first-order chi connectivity index (χ1) is 7.16. The van der Waals surface area contributed by atoms with E-state index in [4.69, 9.17) is 10.0 Å². The highest BCUT2D eigenvalue weighted by Gasteiger charge is 2.24. The molecule has 0 aromatic carbocycles. The number of carbonyl (C=O) groups is 1. The van der Waals surface area contributed by atoms with Gasteiger partial charge in [0.1, 0.15) is 5.69 Å². The Morgan fingerprint density at radius 2 is 2.20 bits per heavy atom. The van der Waals surface area contributed by atoms with Crippen LogP contribution in [0.2, 0.25) is 0 Å². The molecule has 0 bridgehead atoms. The maximum Gasteiger partial charge on any atom is 0.490 e. The van der Waals surface area contributed by atoms with E-state index in [0.29, 0.717) is 11.7 Å². The molecule has 1 amide bonds. The SMILES string of the molecule is O=C(NC1CC1)c1ccc(B(O)O)cn1. The molecule has 0 spiro atoms. The van der Waals surface area contributed by atoms with E-state index in [-0.39, 0.29) is 11.4 Å². The molecule has 1 saturated carbocycles. The molecule has 3 N–H and O–H groups in total. The van der Waals surface area contributed by atoms with Crippen molar-refractivity contribution in [2.45, 2.75) is 18.9 Å². The molecule has 0 unspecified atom stereocenters. The molecule has 0 atom stereocenters. The average Bonchev–Trinajstić information content (AvgIpc) is 3.02. The Labute approximate surface area is 87.3 Å². The maximum absolute atomic E-state index is 11.5.